The fourth-order valence-electron chi connectivity index (χ4n) is 2.64. The molecule has 1 aromatic heterocycles. The molecule has 1 heterocycles. The van der Waals surface area contributed by atoms with E-state index in [4.69, 9.17) is 5.73 Å². The maximum absolute atomic E-state index is 6.37. The lowest BCUT2D eigenvalue weighted by atomic mass is 9.99. The lowest BCUT2D eigenvalue weighted by molar-refractivity contribution is 0.880. The zero-order valence-corrected chi connectivity index (χ0v) is 10.9. The number of fused-ring (bicyclic) bond motifs is 1. The van der Waals surface area contributed by atoms with Gasteiger partial charge in [0.25, 0.3) is 0 Å². The molecule has 88 valence electrons. The van der Waals surface area contributed by atoms with Gasteiger partial charge in [-0.3, -0.25) is 0 Å². The third-order valence-corrected chi connectivity index (χ3v) is 4.77. The Labute approximate surface area is 106 Å². The molecule has 1 unspecified atom stereocenters. The SMILES string of the molecule is Cc1ccsc1C(N)c1ccc2c(c1)CCC2. The molecule has 0 radical (unpaired) electrons. The molecule has 0 bridgehead atoms. The van der Waals surface area contributed by atoms with E-state index in [0.29, 0.717) is 0 Å². The number of hydrogen-bond acceptors (Lipinski definition) is 2. The first-order valence-corrected chi connectivity index (χ1v) is 7.05. The molecule has 1 aliphatic rings. The lowest BCUT2D eigenvalue weighted by Crippen LogP contribution is -2.11. The van der Waals surface area contributed by atoms with Gasteiger partial charge in [0.15, 0.2) is 0 Å². The molecular weight excluding hydrogens is 226 g/mol. The second kappa shape index (κ2) is 4.28. The number of aryl methyl sites for hydroxylation is 3. The number of hydrogen-bond donors (Lipinski definition) is 1. The van der Waals surface area contributed by atoms with Crippen LogP contribution >= 0.6 is 11.3 Å². The van der Waals surface area contributed by atoms with E-state index >= 15 is 0 Å². The van der Waals surface area contributed by atoms with Gasteiger partial charge in [-0.15, -0.1) is 11.3 Å². The van der Waals surface area contributed by atoms with Gasteiger partial charge < -0.3 is 5.73 Å². The van der Waals surface area contributed by atoms with E-state index < -0.39 is 0 Å². The van der Waals surface area contributed by atoms with Crippen molar-refractivity contribution in [3.8, 4) is 0 Å². The molecular formula is C15H17NS. The zero-order chi connectivity index (χ0) is 11.8. The number of rotatable bonds is 2. The fourth-order valence-corrected chi connectivity index (χ4v) is 3.60. The van der Waals surface area contributed by atoms with Crippen LogP contribution < -0.4 is 5.73 Å². The van der Waals surface area contributed by atoms with Crippen molar-refractivity contribution in [2.45, 2.75) is 32.2 Å². The molecule has 0 saturated carbocycles. The summed E-state index contributed by atoms with van der Waals surface area (Å²) in [7, 11) is 0. The van der Waals surface area contributed by atoms with Gasteiger partial charge in [0.2, 0.25) is 0 Å². The van der Waals surface area contributed by atoms with Gasteiger partial charge in [-0.05, 0) is 59.9 Å². The van der Waals surface area contributed by atoms with E-state index in [1.54, 1.807) is 11.3 Å². The van der Waals surface area contributed by atoms with Crippen LogP contribution in [0.3, 0.4) is 0 Å². The summed E-state index contributed by atoms with van der Waals surface area (Å²) in [6, 6.07) is 8.97. The molecule has 0 saturated heterocycles. The van der Waals surface area contributed by atoms with Crippen molar-refractivity contribution in [3.63, 3.8) is 0 Å². The first kappa shape index (κ1) is 11.0. The average Bonchev–Trinajstić information content (AvgIpc) is 2.95. The molecule has 2 heteroatoms. The first-order valence-electron chi connectivity index (χ1n) is 6.17. The molecule has 0 aliphatic heterocycles. The fraction of sp³-hybridized carbons (Fsp3) is 0.333. The summed E-state index contributed by atoms with van der Waals surface area (Å²) in [5.74, 6) is 0. The van der Waals surface area contributed by atoms with Gasteiger partial charge in [-0.1, -0.05) is 18.2 Å². The Morgan fingerprint density at radius 3 is 2.76 bits per heavy atom. The zero-order valence-electron chi connectivity index (χ0n) is 10.1. The predicted molar refractivity (Wildman–Crippen MR) is 73.6 cm³/mol. The normalized spacial score (nSPS) is 15.9. The summed E-state index contributed by atoms with van der Waals surface area (Å²) in [5, 5.41) is 2.12. The molecule has 1 nitrogen and oxygen atoms in total. The van der Waals surface area contributed by atoms with E-state index in [9.17, 15) is 0 Å². The topological polar surface area (TPSA) is 26.0 Å². The van der Waals surface area contributed by atoms with Gasteiger partial charge in [-0.2, -0.15) is 0 Å². The highest BCUT2D eigenvalue weighted by atomic mass is 32.1. The number of thiophene rings is 1. The smallest absolute Gasteiger partial charge is 0.0648 e. The molecule has 2 aromatic rings. The van der Waals surface area contributed by atoms with Crippen LogP contribution in [0.1, 0.15) is 39.6 Å². The number of benzene rings is 1. The Hall–Kier alpha value is -1.12. The second-order valence-electron chi connectivity index (χ2n) is 4.83. The molecule has 1 atom stereocenters. The highest BCUT2D eigenvalue weighted by Gasteiger charge is 2.16. The highest BCUT2D eigenvalue weighted by Crippen LogP contribution is 2.30. The van der Waals surface area contributed by atoms with Gasteiger partial charge in [0.1, 0.15) is 0 Å². The predicted octanol–water partition coefficient (Wildman–Crippen LogP) is 3.59. The summed E-state index contributed by atoms with van der Waals surface area (Å²) in [4.78, 5) is 1.29. The van der Waals surface area contributed by atoms with Crippen LogP contribution in [-0.4, -0.2) is 0 Å². The van der Waals surface area contributed by atoms with E-state index in [1.165, 1.54) is 46.4 Å². The molecule has 1 aromatic carbocycles. The maximum atomic E-state index is 6.37. The molecule has 1 aliphatic carbocycles. The Balaban J connectivity index is 1.97. The highest BCUT2D eigenvalue weighted by molar-refractivity contribution is 7.10. The van der Waals surface area contributed by atoms with Crippen molar-refractivity contribution in [3.05, 3.63) is 56.8 Å². The lowest BCUT2D eigenvalue weighted by Gasteiger charge is -2.13. The minimum atomic E-state index is 0.0425. The van der Waals surface area contributed by atoms with Crippen LogP contribution in [0.25, 0.3) is 0 Å². The maximum Gasteiger partial charge on any atom is 0.0648 e. The summed E-state index contributed by atoms with van der Waals surface area (Å²) < 4.78 is 0. The van der Waals surface area contributed by atoms with Crippen LogP contribution in [-0.2, 0) is 12.8 Å². The third kappa shape index (κ3) is 1.92. The summed E-state index contributed by atoms with van der Waals surface area (Å²) >= 11 is 1.76. The van der Waals surface area contributed by atoms with Gasteiger partial charge in [0, 0.05) is 4.88 Å². The summed E-state index contributed by atoms with van der Waals surface area (Å²) in [6.07, 6.45) is 3.76. The standard InChI is InChI=1S/C15H17NS/c1-10-7-8-17-15(10)14(16)13-6-5-11-3-2-4-12(11)9-13/h5-9,14H,2-4,16H2,1H3. The van der Waals surface area contributed by atoms with Crippen LogP contribution in [0.4, 0.5) is 0 Å². The van der Waals surface area contributed by atoms with E-state index in [0.717, 1.165) is 0 Å². The molecule has 2 N–H and O–H groups in total. The van der Waals surface area contributed by atoms with Crippen LogP contribution in [0.2, 0.25) is 0 Å². The average molecular weight is 243 g/mol. The van der Waals surface area contributed by atoms with E-state index in [2.05, 4.69) is 36.6 Å². The Morgan fingerprint density at radius 1 is 1.18 bits per heavy atom. The van der Waals surface area contributed by atoms with Crippen molar-refractivity contribution < 1.29 is 0 Å². The minimum absolute atomic E-state index is 0.0425. The van der Waals surface area contributed by atoms with Crippen LogP contribution in [0.15, 0.2) is 29.6 Å². The Morgan fingerprint density at radius 2 is 2.00 bits per heavy atom. The van der Waals surface area contributed by atoms with Crippen molar-refractivity contribution >= 4 is 11.3 Å². The monoisotopic (exact) mass is 243 g/mol. The Bertz CT molecular complexity index is 542. The van der Waals surface area contributed by atoms with Gasteiger partial charge in [-0.25, -0.2) is 0 Å². The third-order valence-electron chi connectivity index (χ3n) is 3.67. The molecule has 3 rings (SSSR count). The summed E-state index contributed by atoms with van der Waals surface area (Å²) in [5.41, 5.74) is 12.0. The Kier molecular flexibility index (Phi) is 2.77. The van der Waals surface area contributed by atoms with Crippen LogP contribution in [0.5, 0.6) is 0 Å². The molecule has 17 heavy (non-hydrogen) atoms. The second-order valence-corrected chi connectivity index (χ2v) is 5.77. The quantitative estimate of drug-likeness (QED) is 0.857. The van der Waals surface area contributed by atoms with Crippen LogP contribution in [0, 0.1) is 6.92 Å². The van der Waals surface area contributed by atoms with E-state index in [1.807, 2.05) is 0 Å². The first-order chi connectivity index (χ1) is 8.25. The molecule has 0 spiro atoms. The summed E-state index contributed by atoms with van der Waals surface area (Å²) in [6.45, 7) is 2.14. The van der Waals surface area contributed by atoms with Crippen molar-refractivity contribution in [2.24, 2.45) is 5.73 Å². The minimum Gasteiger partial charge on any atom is -0.320 e. The number of nitrogens with two attached hydrogens (primary N) is 1. The van der Waals surface area contributed by atoms with Gasteiger partial charge in [0.05, 0.1) is 6.04 Å². The van der Waals surface area contributed by atoms with Gasteiger partial charge >= 0.3 is 0 Å². The van der Waals surface area contributed by atoms with Crippen molar-refractivity contribution in [1.82, 2.24) is 0 Å². The molecule has 0 fully saturated rings. The largest absolute Gasteiger partial charge is 0.320 e. The van der Waals surface area contributed by atoms with Crippen molar-refractivity contribution in [2.75, 3.05) is 0 Å². The van der Waals surface area contributed by atoms with Crippen molar-refractivity contribution in [1.29, 1.82) is 0 Å². The van der Waals surface area contributed by atoms with E-state index in [-0.39, 0.29) is 6.04 Å². The molecule has 0 amide bonds.